The van der Waals surface area contributed by atoms with Gasteiger partial charge in [-0.05, 0) is 24.3 Å². The van der Waals surface area contributed by atoms with E-state index in [9.17, 15) is 4.79 Å². The molecule has 0 aliphatic carbocycles. The Morgan fingerprint density at radius 1 is 1.12 bits per heavy atom. The summed E-state index contributed by atoms with van der Waals surface area (Å²) < 4.78 is 11.1. The van der Waals surface area contributed by atoms with E-state index >= 15 is 0 Å². The number of rotatable bonds is 5. The minimum Gasteiger partial charge on any atom is -0.462 e. The van der Waals surface area contributed by atoms with Crippen molar-refractivity contribution in [3.63, 3.8) is 0 Å². The third-order valence-electron chi connectivity index (χ3n) is 3.47. The molecule has 7 heteroatoms. The molecule has 0 saturated heterocycles. The van der Waals surface area contributed by atoms with Gasteiger partial charge in [-0.3, -0.25) is 9.78 Å². The molecule has 3 heterocycles. The SMILES string of the molecule is O=C(Nc1cnccc1Oc1ccccc1)c1csc(-c2ccco2)n1. The third kappa shape index (κ3) is 3.47. The van der Waals surface area contributed by atoms with Gasteiger partial charge in [0.05, 0.1) is 12.5 Å². The number of aromatic nitrogens is 2. The Morgan fingerprint density at radius 3 is 2.81 bits per heavy atom. The number of carbonyl (C=O) groups is 1. The van der Waals surface area contributed by atoms with Crippen LogP contribution in [0.5, 0.6) is 11.5 Å². The van der Waals surface area contributed by atoms with E-state index in [0.717, 1.165) is 0 Å². The predicted octanol–water partition coefficient (Wildman–Crippen LogP) is 4.84. The topological polar surface area (TPSA) is 77.2 Å². The summed E-state index contributed by atoms with van der Waals surface area (Å²) in [5.41, 5.74) is 0.768. The average molecular weight is 363 g/mol. The van der Waals surface area contributed by atoms with Crippen LogP contribution in [0.3, 0.4) is 0 Å². The van der Waals surface area contributed by atoms with Crippen LogP contribution in [0.2, 0.25) is 0 Å². The number of hydrogen-bond acceptors (Lipinski definition) is 6. The number of hydrogen-bond donors (Lipinski definition) is 1. The average Bonchev–Trinajstić information content (AvgIpc) is 3.36. The molecule has 4 rings (SSSR count). The summed E-state index contributed by atoms with van der Waals surface area (Å²) in [5, 5.41) is 5.12. The molecule has 0 radical (unpaired) electrons. The minimum absolute atomic E-state index is 0.302. The number of para-hydroxylation sites is 1. The predicted molar refractivity (Wildman–Crippen MR) is 98.5 cm³/mol. The van der Waals surface area contributed by atoms with Gasteiger partial charge in [0, 0.05) is 17.6 Å². The molecule has 4 aromatic rings. The molecule has 0 fully saturated rings. The number of thiazole rings is 1. The quantitative estimate of drug-likeness (QED) is 0.549. The van der Waals surface area contributed by atoms with E-state index in [0.29, 0.717) is 33.6 Å². The molecule has 1 amide bonds. The van der Waals surface area contributed by atoms with Gasteiger partial charge in [0.15, 0.2) is 16.5 Å². The van der Waals surface area contributed by atoms with Crippen molar-refractivity contribution >= 4 is 22.9 Å². The smallest absolute Gasteiger partial charge is 0.275 e. The Balaban J connectivity index is 1.53. The van der Waals surface area contributed by atoms with Crippen molar-refractivity contribution in [2.24, 2.45) is 0 Å². The van der Waals surface area contributed by atoms with Crippen LogP contribution in [0.15, 0.2) is 77.0 Å². The molecular weight excluding hydrogens is 350 g/mol. The zero-order chi connectivity index (χ0) is 17.8. The molecule has 0 aliphatic heterocycles. The van der Waals surface area contributed by atoms with Crippen molar-refractivity contribution in [1.29, 1.82) is 0 Å². The van der Waals surface area contributed by atoms with E-state index in [2.05, 4.69) is 15.3 Å². The zero-order valence-corrected chi connectivity index (χ0v) is 14.3. The molecule has 0 aliphatic rings. The van der Waals surface area contributed by atoms with Gasteiger partial charge in [0.2, 0.25) is 0 Å². The second-order valence-corrected chi connectivity index (χ2v) is 6.11. The number of carbonyl (C=O) groups excluding carboxylic acids is 1. The maximum Gasteiger partial charge on any atom is 0.275 e. The Bertz CT molecular complexity index is 1010. The van der Waals surface area contributed by atoms with Crippen LogP contribution >= 0.6 is 11.3 Å². The van der Waals surface area contributed by atoms with Crippen molar-refractivity contribution in [1.82, 2.24) is 9.97 Å². The van der Waals surface area contributed by atoms with Gasteiger partial charge in [-0.25, -0.2) is 4.98 Å². The van der Waals surface area contributed by atoms with Crippen molar-refractivity contribution in [3.05, 3.63) is 78.3 Å². The van der Waals surface area contributed by atoms with E-state index < -0.39 is 0 Å². The summed E-state index contributed by atoms with van der Waals surface area (Å²) in [5.74, 6) is 1.46. The Kier molecular flexibility index (Phi) is 4.44. The van der Waals surface area contributed by atoms with Crippen LogP contribution in [0.1, 0.15) is 10.5 Å². The van der Waals surface area contributed by atoms with Crippen LogP contribution < -0.4 is 10.1 Å². The monoisotopic (exact) mass is 363 g/mol. The number of anilines is 1. The molecule has 1 aromatic carbocycles. The number of nitrogens with zero attached hydrogens (tertiary/aromatic N) is 2. The fourth-order valence-electron chi connectivity index (χ4n) is 2.26. The van der Waals surface area contributed by atoms with Gasteiger partial charge in [0.1, 0.15) is 17.1 Å². The molecule has 0 bridgehead atoms. The largest absolute Gasteiger partial charge is 0.462 e. The maximum absolute atomic E-state index is 12.5. The molecule has 0 atom stereocenters. The first kappa shape index (κ1) is 16.0. The van der Waals surface area contributed by atoms with Crippen molar-refractivity contribution in [3.8, 4) is 22.3 Å². The lowest BCUT2D eigenvalue weighted by Crippen LogP contribution is -2.13. The van der Waals surface area contributed by atoms with Gasteiger partial charge in [-0.2, -0.15) is 0 Å². The Labute approximate surface area is 153 Å². The first-order valence-corrected chi connectivity index (χ1v) is 8.65. The molecule has 0 unspecified atom stereocenters. The summed E-state index contributed by atoms with van der Waals surface area (Å²) >= 11 is 1.34. The second-order valence-electron chi connectivity index (χ2n) is 5.26. The molecule has 3 aromatic heterocycles. The maximum atomic E-state index is 12.5. The fourth-order valence-corrected chi connectivity index (χ4v) is 3.02. The number of benzene rings is 1. The highest BCUT2D eigenvalue weighted by Gasteiger charge is 2.15. The molecule has 1 N–H and O–H groups in total. The van der Waals surface area contributed by atoms with E-state index in [-0.39, 0.29) is 5.91 Å². The molecule has 26 heavy (non-hydrogen) atoms. The molecule has 0 spiro atoms. The summed E-state index contributed by atoms with van der Waals surface area (Å²) in [7, 11) is 0. The number of ether oxygens (including phenoxy) is 1. The number of pyridine rings is 1. The van der Waals surface area contributed by atoms with E-state index in [1.165, 1.54) is 17.5 Å². The lowest BCUT2D eigenvalue weighted by molar-refractivity contribution is 0.102. The van der Waals surface area contributed by atoms with Crippen molar-refractivity contribution in [2.75, 3.05) is 5.32 Å². The molecule has 6 nitrogen and oxygen atoms in total. The van der Waals surface area contributed by atoms with E-state index in [1.807, 2.05) is 30.3 Å². The second kappa shape index (κ2) is 7.20. The van der Waals surface area contributed by atoms with Gasteiger partial charge in [-0.1, -0.05) is 18.2 Å². The number of furan rings is 1. The highest BCUT2D eigenvalue weighted by molar-refractivity contribution is 7.13. The first-order valence-electron chi connectivity index (χ1n) is 7.77. The minimum atomic E-state index is -0.343. The molecule has 128 valence electrons. The number of amides is 1. The lowest BCUT2D eigenvalue weighted by Gasteiger charge is -2.11. The van der Waals surface area contributed by atoms with E-state index in [1.54, 1.807) is 36.0 Å². The van der Waals surface area contributed by atoms with Crippen molar-refractivity contribution < 1.29 is 13.9 Å². The summed E-state index contributed by atoms with van der Waals surface area (Å²) in [6.45, 7) is 0. The van der Waals surface area contributed by atoms with Crippen LogP contribution in [0.25, 0.3) is 10.8 Å². The first-order chi connectivity index (χ1) is 12.8. The normalized spacial score (nSPS) is 10.5. The zero-order valence-electron chi connectivity index (χ0n) is 13.5. The highest BCUT2D eigenvalue weighted by atomic mass is 32.1. The summed E-state index contributed by atoms with van der Waals surface area (Å²) in [4.78, 5) is 20.9. The Hall–Kier alpha value is -3.45. The molecular formula is C19H13N3O3S. The van der Waals surface area contributed by atoms with Crippen LogP contribution in [0, 0.1) is 0 Å². The third-order valence-corrected chi connectivity index (χ3v) is 4.33. The lowest BCUT2D eigenvalue weighted by atomic mass is 10.3. The number of nitrogens with one attached hydrogen (secondary N) is 1. The fraction of sp³-hybridized carbons (Fsp3) is 0. The van der Waals surface area contributed by atoms with Crippen LogP contribution in [0.4, 0.5) is 5.69 Å². The summed E-state index contributed by atoms with van der Waals surface area (Å²) in [6, 6.07) is 14.6. The van der Waals surface area contributed by atoms with E-state index in [4.69, 9.17) is 9.15 Å². The standard InChI is InChI=1S/C19H13N3O3S/c23-18(15-12-26-19(22-15)17-7-4-10-24-17)21-14-11-20-9-8-16(14)25-13-5-2-1-3-6-13/h1-12H,(H,21,23). The van der Waals surface area contributed by atoms with Gasteiger partial charge in [0.25, 0.3) is 5.91 Å². The molecule has 0 saturated carbocycles. The van der Waals surface area contributed by atoms with Crippen molar-refractivity contribution in [2.45, 2.75) is 0 Å². The van der Waals surface area contributed by atoms with Gasteiger partial charge >= 0.3 is 0 Å². The van der Waals surface area contributed by atoms with Crippen LogP contribution in [-0.4, -0.2) is 15.9 Å². The van der Waals surface area contributed by atoms with Gasteiger partial charge in [-0.15, -0.1) is 11.3 Å². The summed E-state index contributed by atoms with van der Waals surface area (Å²) in [6.07, 6.45) is 4.71. The van der Waals surface area contributed by atoms with Gasteiger partial charge < -0.3 is 14.5 Å². The highest BCUT2D eigenvalue weighted by Crippen LogP contribution is 2.29. The Morgan fingerprint density at radius 2 is 2.00 bits per heavy atom. The van der Waals surface area contributed by atoms with Crippen LogP contribution in [-0.2, 0) is 0 Å².